The molecule has 2 aliphatic carbocycles. The third-order valence-electron chi connectivity index (χ3n) is 9.38. The van der Waals surface area contributed by atoms with Crippen LogP contribution in [0.25, 0.3) is 0 Å². The first-order valence-electron chi connectivity index (χ1n) is 17.4. The molecule has 1 aromatic rings. The lowest BCUT2D eigenvalue weighted by Gasteiger charge is -2.30. The Kier molecular flexibility index (Phi) is 11.1. The molecule has 1 saturated heterocycles. The maximum absolute atomic E-state index is 14.2. The Morgan fingerprint density at radius 2 is 1.78 bits per heavy atom. The first-order valence-corrected chi connectivity index (χ1v) is 18.9. The minimum absolute atomic E-state index is 0.0692. The van der Waals surface area contributed by atoms with Gasteiger partial charge in [-0.2, -0.15) is 0 Å². The first kappa shape index (κ1) is 37.1. The van der Waals surface area contributed by atoms with Gasteiger partial charge in [0.05, 0.1) is 11.8 Å². The van der Waals surface area contributed by atoms with E-state index in [9.17, 15) is 32.4 Å². The van der Waals surface area contributed by atoms with Gasteiger partial charge in [0.25, 0.3) is 5.91 Å². The van der Waals surface area contributed by atoms with Crippen LogP contribution in [0.1, 0.15) is 84.1 Å². The highest BCUT2D eigenvalue weighted by Gasteiger charge is 2.62. The van der Waals surface area contributed by atoms with Gasteiger partial charge in [-0.15, -0.1) is 0 Å². The van der Waals surface area contributed by atoms with Crippen LogP contribution in [0.4, 0.5) is 9.59 Å². The highest BCUT2D eigenvalue weighted by Crippen LogP contribution is 2.46. The molecule has 0 bridgehead atoms. The number of hydrogen-bond donors (Lipinski definition) is 3. The monoisotopic (exact) mass is 715 g/mol. The summed E-state index contributed by atoms with van der Waals surface area (Å²) in [5.74, 6) is -2.50. The summed E-state index contributed by atoms with van der Waals surface area (Å²) in [6.45, 7) is 5.27. The zero-order valence-corrected chi connectivity index (χ0v) is 30.0. The Hall–Kier alpha value is -4.14. The number of allylic oxidation sites excluding steroid dienone is 1. The van der Waals surface area contributed by atoms with Crippen LogP contribution in [0.5, 0.6) is 0 Å². The van der Waals surface area contributed by atoms with Gasteiger partial charge in [-0.25, -0.2) is 18.0 Å². The third kappa shape index (κ3) is 9.34. The number of benzene rings is 1. The molecule has 1 aromatic carbocycles. The molecule has 5 rings (SSSR count). The number of nitrogens with zero attached hydrogens (tertiary/aromatic N) is 2. The van der Waals surface area contributed by atoms with Crippen molar-refractivity contribution >= 4 is 39.9 Å². The molecular weight excluding hydrogens is 666 g/mol. The lowest BCUT2D eigenvalue weighted by Crippen LogP contribution is -2.58. The van der Waals surface area contributed by atoms with E-state index in [1.54, 1.807) is 27.8 Å². The van der Waals surface area contributed by atoms with Gasteiger partial charge in [-0.1, -0.05) is 55.3 Å². The summed E-state index contributed by atoms with van der Waals surface area (Å²) in [7, 11) is -2.31. The number of alkyl carbamates (subject to hydrolysis) is 1. The van der Waals surface area contributed by atoms with Crippen LogP contribution < -0.4 is 15.4 Å². The van der Waals surface area contributed by atoms with Crippen LogP contribution in [-0.2, 0) is 40.4 Å². The fourth-order valence-electron chi connectivity index (χ4n) is 6.45. The average Bonchev–Trinajstić information content (AvgIpc) is 3.96. The van der Waals surface area contributed by atoms with Crippen molar-refractivity contribution in [1.29, 1.82) is 0 Å². The number of amides is 5. The Bertz CT molecular complexity index is 1590. The molecule has 2 aliphatic heterocycles. The fraction of sp³-hybridized carbons (Fsp3) is 0.629. The van der Waals surface area contributed by atoms with E-state index in [-0.39, 0.29) is 32.4 Å². The second-order valence-electron chi connectivity index (χ2n) is 14.8. The minimum Gasteiger partial charge on any atom is -0.444 e. The van der Waals surface area contributed by atoms with Crippen molar-refractivity contribution in [2.75, 3.05) is 13.6 Å². The number of ether oxygens (including phenoxy) is 2. The quantitative estimate of drug-likeness (QED) is 0.358. The molecule has 0 unspecified atom stereocenters. The number of sulfonamides is 1. The summed E-state index contributed by atoms with van der Waals surface area (Å²) in [4.78, 5) is 70.6. The minimum atomic E-state index is -3.90. The Labute approximate surface area is 293 Å². The largest absolute Gasteiger partial charge is 0.444 e. The highest BCUT2D eigenvalue weighted by atomic mass is 32.2. The Morgan fingerprint density at radius 1 is 1.06 bits per heavy atom. The van der Waals surface area contributed by atoms with Gasteiger partial charge < -0.3 is 29.9 Å². The Balaban J connectivity index is 1.40. The predicted octanol–water partition coefficient (Wildman–Crippen LogP) is 3.12. The molecular formula is C35H49N5O9S. The van der Waals surface area contributed by atoms with Gasteiger partial charge in [0.2, 0.25) is 21.8 Å². The van der Waals surface area contributed by atoms with Crippen molar-refractivity contribution in [1.82, 2.24) is 25.2 Å². The molecule has 2 heterocycles. The lowest BCUT2D eigenvalue weighted by molar-refractivity contribution is -0.141. The molecule has 3 fully saturated rings. The van der Waals surface area contributed by atoms with Gasteiger partial charge in [0, 0.05) is 25.9 Å². The SMILES string of the molecule is CN(Cc1ccccc1)C(=O)O[C@@H]1C[C@H]2C(=O)N[C@]3(C(=O)NS(=O)(=O)C4CC4)C[C@H]3C=CCCCCC[C@H](NC(=O)OC(C)(C)C)C(=O)N2C1. The molecule has 14 nitrogen and oxygen atoms in total. The summed E-state index contributed by atoms with van der Waals surface area (Å²) < 4.78 is 38.9. The number of hydrogen-bond acceptors (Lipinski definition) is 9. The fourth-order valence-corrected chi connectivity index (χ4v) is 7.82. The normalized spacial score (nSPS) is 27.4. The van der Waals surface area contributed by atoms with Crippen molar-refractivity contribution in [3.05, 3.63) is 48.0 Å². The molecule has 5 atom stereocenters. The van der Waals surface area contributed by atoms with Gasteiger partial charge >= 0.3 is 12.2 Å². The zero-order valence-electron chi connectivity index (χ0n) is 29.2. The molecule has 3 N–H and O–H groups in total. The van der Waals surface area contributed by atoms with Crippen LogP contribution in [-0.4, -0.2) is 96.3 Å². The maximum atomic E-state index is 14.2. The summed E-state index contributed by atoms with van der Waals surface area (Å²) in [6.07, 6.45) is 5.58. The molecule has 0 aromatic heterocycles. The van der Waals surface area contributed by atoms with Gasteiger partial charge in [-0.3, -0.25) is 19.1 Å². The van der Waals surface area contributed by atoms with E-state index < -0.39 is 80.4 Å². The van der Waals surface area contributed by atoms with Crippen molar-refractivity contribution in [2.45, 2.75) is 120 Å². The summed E-state index contributed by atoms with van der Waals surface area (Å²) in [5, 5.41) is 4.85. The van der Waals surface area contributed by atoms with E-state index in [4.69, 9.17) is 9.47 Å². The molecule has 4 aliphatic rings. The van der Waals surface area contributed by atoms with E-state index in [2.05, 4.69) is 15.4 Å². The molecule has 274 valence electrons. The van der Waals surface area contributed by atoms with Crippen LogP contribution in [0.2, 0.25) is 0 Å². The second-order valence-corrected chi connectivity index (χ2v) is 16.8. The summed E-state index contributed by atoms with van der Waals surface area (Å²) in [6, 6.07) is 7.12. The molecule has 2 saturated carbocycles. The van der Waals surface area contributed by atoms with Crippen LogP contribution >= 0.6 is 0 Å². The molecule has 0 spiro atoms. The van der Waals surface area contributed by atoms with E-state index in [1.165, 1.54) is 9.80 Å². The van der Waals surface area contributed by atoms with E-state index in [0.29, 0.717) is 25.7 Å². The van der Waals surface area contributed by atoms with Gasteiger partial charge in [0.1, 0.15) is 29.3 Å². The number of carbonyl (C=O) groups excluding carboxylic acids is 5. The molecule has 15 heteroatoms. The smallest absolute Gasteiger partial charge is 0.410 e. The average molecular weight is 716 g/mol. The summed E-state index contributed by atoms with van der Waals surface area (Å²) >= 11 is 0. The molecule has 50 heavy (non-hydrogen) atoms. The molecule has 0 radical (unpaired) electrons. The van der Waals surface area contributed by atoms with Crippen LogP contribution in [0, 0.1) is 5.92 Å². The standard InChI is InChI=1S/C35H49N5O9S/c1-34(2,3)49-32(44)36-27-16-12-7-5-6-11-15-24-20-35(24,31(43)38-50(46,47)26-17-18-26)37-29(41)28-19-25(22-40(28)30(27)42)48-33(45)39(4)21-23-13-9-8-10-14-23/h8-11,13-15,24-28H,5-7,12,16-22H2,1-4H3,(H,36,44)(H,37,41)(H,38,43)/t24-,25-,27+,28+,35-/m1/s1. The van der Waals surface area contributed by atoms with E-state index in [1.807, 2.05) is 42.5 Å². The summed E-state index contributed by atoms with van der Waals surface area (Å²) in [5.41, 5.74) is -1.45. The Morgan fingerprint density at radius 3 is 2.46 bits per heavy atom. The number of carbonyl (C=O) groups is 5. The van der Waals surface area contributed by atoms with Crippen molar-refractivity contribution in [3.63, 3.8) is 0 Å². The van der Waals surface area contributed by atoms with E-state index in [0.717, 1.165) is 18.4 Å². The number of nitrogens with one attached hydrogen (secondary N) is 3. The van der Waals surface area contributed by atoms with Crippen molar-refractivity contribution in [2.24, 2.45) is 5.92 Å². The van der Waals surface area contributed by atoms with Crippen molar-refractivity contribution in [3.8, 4) is 0 Å². The predicted molar refractivity (Wildman–Crippen MR) is 183 cm³/mol. The maximum Gasteiger partial charge on any atom is 0.410 e. The first-order chi connectivity index (χ1) is 23.6. The molecule has 5 amide bonds. The number of rotatable bonds is 7. The highest BCUT2D eigenvalue weighted by molar-refractivity contribution is 7.91. The second kappa shape index (κ2) is 15.0. The van der Waals surface area contributed by atoms with Crippen LogP contribution in [0.3, 0.4) is 0 Å². The number of fused-ring (bicyclic) bond motifs is 2. The topological polar surface area (TPSA) is 181 Å². The van der Waals surface area contributed by atoms with Gasteiger partial charge in [-0.05, 0) is 64.9 Å². The van der Waals surface area contributed by atoms with Crippen molar-refractivity contribution < 1.29 is 41.9 Å². The lowest BCUT2D eigenvalue weighted by atomic mass is 10.0. The third-order valence-corrected chi connectivity index (χ3v) is 11.2. The van der Waals surface area contributed by atoms with E-state index >= 15 is 0 Å². The zero-order chi connectivity index (χ0) is 36.3. The van der Waals surface area contributed by atoms with Crippen LogP contribution in [0.15, 0.2) is 42.5 Å². The van der Waals surface area contributed by atoms with Gasteiger partial charge in [0.15, 0.2) is 0 Å².